The SMILES string of the molecule is O=C(CCn1c(=O)oc2cc(Cl)ccc21)Nc1ccc(Cl)c([N+](=O)[O-])c1. The van der Waals surface area contributed by atoms with E-state index in [9.17, 15) is 19.7 Å². The quantitative estimate of drug-likeness (QED) is 0.521. The number of benzene rings is 2. The van der Waals surface area contributed by atoms with Gasteiger partial charge in [-0.3, -0.25) is 19.5 Å². The zero-order chi connectivity index (χ0) is 18.8. The number of anilines is 1. The van der Waals surface area contributed by atoms with Gasteiger partial charge in [0.25, 0.3) is 5.69 Å². The maximum absolute atomic E-state index is 12.1. The molecule has 0 atom stereocenters. The number of nitro groups is 1. The lowest BCUT2D eigenvalue weighted by Crippen LogP contribution is -2.19. The molecule has 1 heterocycles. The fraction of sp³-hybridized carbons (Fsp3) is 0.125. The van der Waals surface area contributed by atoms with Gasteiger partial charge in [0.1, 0.15) is 5.02 Å². The van der Waals surface area contributed by atoms with Crippen molar-refractivity contribution in [1.82, 2.24) is 4.57 Å². The second-order valence-corrected chi connectivity index (χ2v) is 6.20. The molecule has 26 heavy (non-hydrogen) atoms. The van der Waals surface area contributed by atoms with Gasteiger partial charge in [-0.1, -0.05) is 23.2 Å². The molecule has 0 aliphatic rings. The van der Waals surface area contributed by atoms with Crippen molar-refractivity contribution >= 4 is 51.6 Å². The molecule has 0 unspecified atom stereocenters. The largest absolute Gasteiger partial charge is 0.419 e. The van der Waals surface area contributed by atoms with E-state index in [-0.39, 0.29) is 29.4 Å². The third-order valence-electron chi connectivity index (χ3n) is 3.62. The van der Waals surface area contributed by atoms with Gasteiger partial charge in [0.15, 0.2) is 5.58 Å². The Balaban J connectivity index is 1.72. The Hall–Kier alpha value is -2.84. The van der Waals surface area contributed by atoms with Crippen molar-refractivity contribution in [3.8, 4) is 0 Å². The molecule has 134 valence electrons. The molecule has 2 aromatic carbocycles. The average Bonchev–Trinajstić information content (AvgIpc) is 2.88. The van der Waals surface area contributed by atoms with Crippen LogP contribution in [0.4, 0.5) is 11.4 Å². The summed E-state index contributed by atoms with van der Waals surface area (Å²) in [6.07, 6.45) is -0.0341. The molecule has 8 nitrogen and oxygen atoms in total. The summed E-state index contributed by atoms with van der Waals surface area (Å²) in [5, 5.41) is 13.8. The van der Waals surface area contributed by atoms with Crippen molar-refractivity contribution in [2.24, 2.45) is 0 Å². The first-order chi connectivity index (χ1) is 12.3. The number of hydrogen-bond acceptors (Lipinski definition) is 5. The molecule has 0 radical (unpaired) electrons. The molecule has 1 aromatic heterocycles. The van der Waals surface area contributed by atoms with E-state index in [1.807, 2.05) is 0 Å². The van der Waals surface area contributed by atoms with Gasteiger partial charge in [-0.05, 0) is 24.3 Å². The number of amides is 1. The predicted octanol–water partition coefficient (Wildman–Crippen LogP) is 3.84. The van der Waals surface area contributed by atoms with Crippen LogP contribution in [0.1, 0.15) is 6.42 Å². The number of oxazole rings is 1. The van der Waals surface area contributed by atoms with Crippen LogP contribution in [-0.4, -0.2) is 15.4 Å². The van der Waals surface area contributed by atoms with Crippen LogP contribution in [0.2, 0.25) is 10.0 Å². The van der Waals surface area contributed by atoms with E-state index < -0.39 is 16.6 Å². The summed E-state index contributed by atoms with van der Waals surface area (Å²) in [5.41, 5.74) is 0.784. The monoisotopic (exact) mass is 395 g/mol. The fourth-order valence-electron chi connectivity index (χ4n) is 2.42. The predicted molar refractivity (Wildman–Crippen MR) is 96.8 cm³/mol. The molecule has 1 N–H and O–H groups in total. The lowest BCUT2D eigenvalue weighted by atomic mass is 10.2. The van der Waals surface area contributed by atoms with Gasteiger partial charge in [-0.15, -0.1) is 0 Å². The average molecular weight is 396 g/mol. The van der Waals surface area contributed by atoms with Gasteiger partial charge in [0.05, 0.1) is 10.4 Å². The number of nitrogens with one attached hydrogen (secondary N) is 1. The van der Waals surface area contributed by atoms with Crippen molar-refractivity contribution in [3.05, 3.63) is 67.1 Å². The summed E-state index contributed by atoms with van der Waals surface area (Å²) in [4.78, 5) is 34.2. The third kappa shape index (κ3) is 3.71. The van der Waals surface area contributed by atoms with Crippen molar-refractivity contribution in [1.29, 1.82) is 0 Å². The summed E-state index contributed by atoms with van der Waals surface area (Å²) in [7, 11) is 0. The Kier molecular flexibility index (Phi) is 4.97. The maximum atomic E-state index is 12.1. The number of aryl methyl sites for hydroxylation is 1. The second-order valence-electron chi connectivity index (χ2n) is 5.35. The first-order valence-corrected chi connectivity index (χ1v) is 8.13. The second kappa shape index (κ2) is 7.19. The molecule has 0 bridgehead atoms. The standard InChI is InChI=1S/C16H11Cl2N3O5/c17-9-1-4-12-14(7-9)26-16(23)20(12)6-5-15(22)19-10-2-3-11(18)13(8-10)21(24)25/h1-4,7-8H,5-6H2,(H,19,22). The lowest BCUT2D eigenvalue weighted by molar-refractivity contribution is -0.384. The fourth-order valence-corrected chi connectivity index (χ4v) is 2.77. The molecule has 1 amide bonds. The molecule has 0 saturated heterocycles. The van der Waals surface area contributed by atoms with Crippen molar-refractivity contribution in [2.75, 3.05) is 5.32 Å². The van der Waals surface area contributed by atoms with E-state index in [2.05, 4.69) is 5.32 Å². The molecular formula is C16H11Cl2N3O5. The highest BCUT2D eigenvalue weighted by Gasteiger charge is 2.15. The van der Waals surface area contributed by atoms with Crippen LogP contribution in [0.5, 0.6) is 0 Å². The normalized spacial score (nSPS) is 10.8. The van der Waals surface area contributed by atoms with E-state index in [1.54, 1.807) is 12.1 Å². The van der Waals surface area contributed by atoms with E-state index >= 15 is 0 Å². The molecule has 3 rings (SSSR count). The van der Waals surface area contributed by atoms with E-state index in [0.29, 0.717) is 16.1 Å². The number of carbonyl (C=O) groups is 1. The molecule has 0 spiro atoms. The number of nitro benzene ring substituents is 1. The first kappa shape index (κ1) is 18.0. The molecule has 3 aromatic rings. The Morgan fingerprint density at radius 1 is 1.23 bits per heavy atom. The van der Waals surface area contributed by atoms with E-state index in [0.717, 1.165) is 0 Å². The van der Waals surface area contributed by atoms with Crippen molar-refractivity contribution in [2.45, 2.75) is 13.0 Å². The molecule has 0 saturated carbocycles. The van der Waals surface area contributed by atoms with Crippen molar-refractivity contribution < 1.29 is 14.1 Å². The highest BCUT2D eigenvalue weighted by Crippen LogP contribution is 2.27. The topological polar surface area (TPSA) is 107 Å². The number of nitrogens with zero attached hydrogens (tertiary/aromatic N) is 2. The lowest BCUT2D eigenvalue weighted by Gasteiger charge is -2.06. The van der Waals surface area contributed by atoms with Crippen LogP contribution in [0.25, 0.3) is 11.1 Å². The zero-order valence-electron chi connectivity index (χ0n) is 13.1. The van der Waals surface area contributed by atoms with Gasteiger partial charge >= 0.3 is 5.76 Å². The Bertz CT molecular complexity index is 1070. The van der Waals surface area contributed by atoms with Crippen LogP contribution in [0, 0.1) is 10.1 Å². The Labute approximate surface area is 156 Å². The highest BCUT2D eigenvalue weighted by molar-refractivity contribution is 6.32. The minimum absolute atomic E-state index is 0.0249. The third-order valence-corrected chi connectivity index (χ3v) is 4.17. The molecule has 0 fully saturated rings. The summed E-state index contributed by atoms with van der Waals surface area (Å²) in [6.45, 7) is 0.0784. The smallest absolute Gasteiger partial charge is 0.408 e. The Morgan fingerprint density at radius 2 is 2.00 bits per heavy atom. The number of halogens is 2. The van der Waals surface area contributed by atoms with E-state index in [1.165, 1.54) is 28.8 Å². The summed E-state index contributed by atoms with van der Waals surface area (Å²) < 4.78 is 6.40. The number of hydrogen-bond donors (Lipinski definition) is 1. The highest BCUT2D eigenvalue weighted by atomic mass is 35.5. The van der Waals surface area contributed by atoms with Gasteiger partial charge < -0.3 is 9.73 Å². The number of fused-ring (bicyclic) bond motifs is 1. The van der Waals surface area contributed by atoms with Crippen LogP contribution in [-0.2, 0) is 11.3 Å². The summed E-state index contributed by atoms with van der Waals surface area (Å²) >= 11 is 11.6. The van der Waals surface area contributed by atoms with Gasteiger partial charge in [0, 0.05) is 35.8 Å². The number of aromatic nitrogens is 1. The minimum atomic E-state index is -0.639. The van der Waals surface area contributed by atoms with Gasteiger partial charge in [0.2, 0.25) is 5.91 Å². The van der Waals surface area contributed by atoms with E-state index in [4.69, 9.17) is 27.6 Å². The molecule has 0 aliphatic carbocycles. The van der Waals surface area contributed by atoms with Crippen LogP contribution >= 0.6 is 23.2 Å². The summed E-state index contributed by atoms with van der Waals surface area (Å²) in [6, 6.07) is 8.70. The molecule has 10 heteroatoms. The summed E-state index contributed by atoms with van der Waals surface area (Å²) in [5.74, 6) is -1.02. The Morgan fingerprint density at radius 3 is 2.73 bits per heavy atom. The van der Waals surface area contributed by atoms with Crippen LogP contribution in [0.3, 0.4) is 0 Å². The first-order valence-electron chi connectivity index (χ1n) is 7.38. The van der Waals surface area contributed by atoms with Gasteiger partial charge in [-0.25, -0.2) is 4.79 Å². The van der Waals surface area contributed by atoms with Crippen LogP contribution in [0.15, 0.2) is 45.6 Å². The molecular weight excluding hydrogens is 385 g/mol. The van der Waals surface area contributed by atoms with Crippen LogP contribution < -0.4 is 11.1 Å². The number of carbonyl (C=O) groups excluding carboxylic acids is 1. The number of rotatable bonds is 5. The molecule has 0 aliphatic heterocycles. The maximum Gasteiger partial charge on any atom is 0.419 e. The van der Waals surface area contributed by atoms with Crippen molar-refractivity contribution in [3.63, 3.8) is 0 Å². The van der Waals surface area contributed by atoms with Gasteiger partial charge in [-0.2, -0.15) is 0 Å². The zero-order valence-corrected chi connectivity index (χ0v) is 14.6. The minimum Gasteiger partial charge on any atom is -0.408 e.